The molecular weight excluding hydrogens is 218 g/mol. The third-order valence-corrected chi connectivity index (χ3v) is 2.47. The number of carbonyl (C=O) groups is 1. The summed E-state index contributed by atoms with van der Waals surface area (Å²) in [6.45, 7) is 2.75. The number of unbranched alkanes of at least 4 members (excludes halogenated alkanes) is 1. The number of aromatic nitrogens is 2. The molecule has 1 amide bonds. The van der Waals surface area contributed by atoms with E-state index in [0.717, 1.165) is 37.2 Å². The number of amides is 1. The number of primary amides is 1. The maximum atomic E-state index is 10.5. The predicted octanol–water partition coefficient (Wildman–Crippen LogP) is 0.689. The van der Waals surface area contributed by atoms with E-state index < -0.39 is 0 Å². The highest BCUT2D eigenvalue weighted by molar-refractivity contribution is 5.73. The van der Waals surface area contributed by atoms with Crippen molar-refractivity contribution < 1.29 is 4.79 Å². The summed E-state index contributed by atoms with van der Waals surface area (Å²) in [4.78, 5) is 18.6. The van der Waals surface area contributed by atoms with Crippen LogP contribution in [-0.4, -0.2) is 22.4 Å². The van der Waals surface area contributed by atoms with Gasteiger partial charge in [0.05, 0.1) is 0 Å². The van der Waals surface area contributed by atoms with E-state index in [1.54, 1.807) is 0 Å². The van der Waals surface area contributed by atoms with E-state index in [1.165, 1.54) is 6.33 Å². The van der Waals surface area contributed by atoms with Crippen LogP contribution >= 0.6 is 0 Å². The number of carbonyl (C=O) groups excluding carboxylic acids is 1. The van der Waals surface area contributed by atoms with E-state index in [-0.39, 0.29) is 5.91 Å². The maximum Gasteiger partial charge on any atom is 0.217 e. The SMILES string of the molecule is CCc1c(N)ncnc1NCCCCC(N)=O. The summed E-state index contributed by atoms with van der Waals surface area (Å²) in [5.41, 5.74) is 11.7. The number of anilines is 2. The van der Waals surface area contributed by atoms with Gasteiger partial charge in [-0.1, -0.05) is 6.92 Å². The van der Waals surface area contributed by atoms with Crippen LogP contribution in [0.25, 0.3) is 0 Å². The van der Waals surface area contributed by atoms with Crippen LogP contribution in [0.15, 0.2) is 6.33 Å². The van der Waals surface area contributed by atoms with Gasteiger partial charge in [-0.05, 0) is 19.3 Å². The Kier molecular flexibility index (Phi) is 5.19. The summed E-state index contributed by atoms with van der Waals surface area (Å²) >= 11 is 0. The van der Waals surface area contributed by atoms with Crippen LogP contribution in [0.4, 0.5) is 11.6 Å². The molecule has 0 unspecified atom stereocenters. The highest BCUT2D eigenvalue weighted by Crippen LogP contribution is 2.17. The van der Waals surface area contributed by atoms with Crippen molar-refractivity contribution in [3.05, 3.63) is 11.9 Å². The summed E-state index contributed by atoms with van der Waals surface area (Å²) in [6, 6.07) is 0. The van der Waals surface area contributed by atoms with E-state index >= 15 is 0 Å². The van der Waals surface area contributed by atoms with E-state index in [4.69, 9.17) is 11.5 Å². The van der Waals surface area contributed by atoms with Crippen molar-refractivity contribution in [3.8, 4) is 0 Å². The molecule has 0 atom stereocenters. The summed E-state index contributed by atoms with van der Waals surface area (Å²) in [5.74, 6) is 1.03. The zero-order valence-electron chi connectivity index (χ0n) is 10.1. The third-order valence-electron chi connectivity index (χ3n) is 2.47. The molecule has 1 heterocycles. The quantitative estimate of drug-likeness (QED) is 0.605. The van der Waals surface area contributed by atoms with Crippen LogP contribution in [0.5, 0.6) is 0 Å². The lowest BCUT2D eigenvalue weighted by Gasteiger charge is -2.10. The van der Waals surface area contributed by atoms with E-state index in [9.17, 15) is 4.79 Å². The van der Waals surface area contributed by atoms with Crippen LogP contribution in [0.2, 0.25) is 0 Å². The molecule has 17 heavy (non-hydrogen) atoms. The van der Waals surface area contributed by atoms with Crippen LogP contribution in [-0.2, 0) is 11.2 Å². The van der Waals surface area contributed by atoms with Crippen molar-refractivity contribution >= 4 is 17.5 Å². The van der Waals surface area contributed by atoms with Crippen LogP contribution < -0.4 is 16.8 Å². The van der Waals surface area contributed by atoms with E-state index in [0.29, 0.717) is 12.2 Å². The predicted molar refractivity (Wildman–Crippen MR) is 67.4 cm³/mol. The minimum atomic E-state index is -0.259. The number of nitrogens with zero attached hydrogens (tertiary/aromatic N) is 2. The molecule has 0 bridgehead atoms. The lowest BCUT2D eigenvalue weighted by atomic mass is 10.2. The Hall–Kier alpha value is -1.85. The molecule has 0 aliphatic rings. The highest BCUT2D eigenvalue weighted by atomic mass is 16.1. The first kappa shape index (κ1) is 13.2. The van der Waals surface area contributed by atoms with Crippen molar-refractivity contribution in [1.29, 1.82) is 0 Å². The van der Waals surface area contributed by atoms with Crippen LogP contribution in [0, 0.1) is 0 Å². The molecule has 0 saturated carbocycles. The van der Waals surface area contributed by atoms with Gasteiger partial charge in [0.25, 0.3) is 0 Å². The molecule has 0 aromatic carbocycles. The molecule has 1 aromatic rings. The molecule has 6 nitrogen and oxygen atoms in total. The number of nitrogen functional groups attached to an aromatic ring is 1. The fraction of sp³-hybridized carbons (Fsp3) is 0.545. The molecule has 0 aliphatic carbocycles. The largest absolute Gasteiger partial charge is 0.383 e. The first-order chi connectivity index (χ1) is 8.15. The van der Waals surface area contributed by atoms with Gasteiger partial charge in [0.15, 0.2) is 0 Å². The average molecular weight is 237 g/mol. The first-order valence-corrected chi connectivity index (χ1v) is 5.76. The highest BCUT2D eigenvalue weighted by Gasteiger charge is 2.06. The summed E-state index contributed by atoms with van der Waals surface area (Å²) in [6.07, 6.45) is 4.31. The number of rotatable bonds is 7. The molecule has 94 valence electrons. The normalized spacial score (nSPS) is 10.2. The Morgan fingerprint density at radius 2 is 2.18 bits per heavy atom. The molecule has 0 radical (unpaired) electrons. The molecule has 0 saturated heterocycles. The molecule has 5 N–H and O–H groups in total. The Balaban J connectivity index is 2.41. The second-order valence-corrected chi connectivity index (χ2v) is 3.79. The molecule has 0 spiro atoms. The van der Waals surface area contributed by atoms with Crippen LogP contribution in [0.3, 0.4) is 0 Å². The van der Waals surface area contributed by atoms with Crippen LogP contribution in [0.1, 0.15) is 31.7 Å². The Bertz CT molecular complexity index is 380. The summed E-state index contributed by atoms with van der Waals surface area (Å²) in [5, 5.41) is 3.20. The standard InChI is InChI=1S/C11H19N5O/c1-2-8-10(13)15-7-16-11(8)14-6-4-3-5-9(12)17/h7H,2-6H2,1H3,(H2,12,17)(H3,13,14,15,16). The number of nitrogens with two attached hydrogens (primary N) is 2. The molecule has 6 heteroatoms. The van der Waals surface area contributed by atoms with Gasteiger partial charge in [0.1, 0.15) is 18.0 Å². The van der Waals surface area contributed by atoms with Crippen molar-refractivity contribution in [2.45, 2.75) is 32.6 Å². The zero-order chi connectivity index (χ0) is 12.7. The Morgan fingerprint density at radius 1 is 1.41 bits per heavy atom. The Morgan fingerprint density at radius 3 is 2.82 bits per heavy atom. The third kappa shape index (κ3) is 4.26. The molecule has 0 aliphatic heterocycles. The van der Waals surface area contributed by atoms with E-state index in [2.05, 4.69) is 15.3 Å². The minimum absolute atomic E-state index is 0.259. The smallest absolute Gasteiger partial charge is 0.217 e. The number of nitrogens with one attached hydrogen (secondary N) is 1. The zero-order valence-corrected chi connectivity index (χ0v) is 10.1. The van der Waals surface area contributed by atoms with Crippen molar-refractivity contribution in [3.63, 3.8) is 0 Å². The molecule has 1 aromatic heterocycles. The minimum Gasteiger partial charge on any atom is -0.383 e. The van der Waals surface area contributed by atoms with Gasteiger partial charge >= 0.3 is 0 Å². The van der Waals surface area contributed by atoms with Gasteiger partial charge < -0.3 is 16.8 Å². The number of hydrogen-bond donors (Lipinski definition) is 3. The fourth-order valence-corrected chi connectivity index (χ4v) is 1.56. The maximum absolute atomic E-state index is 10.5. The topological polar surface area (TPSA) is 107 Å². The van der Waals surface area contributed by atoms with Crippen molar-refractivity contribution in [2.75, 3.05) is 17.6 Å². The Labute approximate surface area is 101 Å². The van der Waals surface area contributed by atoms with Gasteiger partial charge in [-0.3, -0.25) is 4.79 Å². The second kappa shape index (κ2) is 6.67. The van der Waals surface area contributed by atoms with Gasteiger partial charge in [-0.2, -0.15) is 0 Å². The molecule has 0 fully saturated rings. The van der Waals surface area contributed by atoms with Crippen molar-refractivity contribution in [1.82, 2.24) is 9.97 Å². The summed E-state index contributed by atoms with van der Waals surface area (Å²) < 4.78 is 0. The van der Waals surface area contributed by atoms with Crippen molar-refractivity contribution in [2.24, 2.45) is 5.73 Å². The van der Waals surface area contributed by atoms with Gasteiger partial charge in [-0.15, -0.1) is 0 Å². The molecule has 1 rings (SSSR count). The van der Waals surface area contributed by atoms with Gasteiger partial charge in [-0.25, -0.2) is 9.97 Å². The monoisotopic (exact) mass is 237 g/mol. The lowest BCUT2D eigenvalue weighted by molar-refractivity contribution is -0.118. The first-order valence-electron chi connectivity index (χ1n) is 5.76. The molecular formula is C11H19N5O. The fourth-order valence-electron chi connectivity index (χ4n) is 1.56. The van der Waals surface area contributed by atoms with Gasteiger partial charge in [0.2, 0.25) is 5.91 Å². The van der Waals surface area contributed by atoms with E-state index in [1.807, 2.05) is 6.92 Å². The number of hydrogen-bond acceptors (Lipinski definition) is 5. The van der Waals surface area contributed by atoms with Gasteiger partial charge in [0, 0.05) is 18.5 Å². The summed E-state index contributed by atoms with van der Waals surface area (Å²) in [7, 11) is 0. The lowest BCUT2D eigenvalue weighted by Crippen LogP contribution is -2.12. The second-order valence-electron chi connectivity index (χ2n) is 3.79. The average Bonchev–Trinajstić information content (AvgIpc) is 2.28.